The third-order valence-electron chi connectivity index (χ3n) is 3.03. The summed E-state index contributed by atoms with van der Waals surface area (Å²) in [4.78, 5) is 13.0. The fourth-order valence-electron chi connectivity index (χ4n) is 2.02. The number of aliphatic carboxylic acids is 1. The highest BCUT2D eigenvalue weighted by Crippen LogP contribution is 2.12. The topological polar surface area (TPSA) is 64.3 Å². The number of benzene rings is 1. The second-order valence-corrected chi connectivity index (χ2v) is 4.74. The molecule has 102 valence electrons. The first-order chi connectivity index (χ1) is 9.08. The number of carboxylic acid groups (broad SMARTS) is 1. The molecule has 0 spiro atoms. The van der Waals surface area contributed by atoms with E-state index >= 15 is 0 Å². The van der Waals surface area contributed by atoms with E-state index in [-0.39, 0.29) is 0 Å². The maximum atomic E-state index is 10.9. The molecule has 0 aromatic heterocycles. The Hall–Kier alpha value is -1.86. The molecule has 0 heterocycles. The number of carbonyl (C=O) groups is 1. The van der Waals surface area contributed by atoms with Crippen molar-refractivity contribution >= 4 is 5.97 Å². The molecule has 4 nitrogen and oxygen atoms in total. The van der Waals surface area contributed by atoms with E-state index in [0.29, 0.717) is 18.7 Å². The van der Waals surface area contributed by atoms with Crippen molar-refractivity contribution in [1.82, 2.24) is 4.90 Å². The van der Waals surface area contributed by atoms with Gasteiger partial charge in [-0.05, 0) is 24.6 Å². The molecule has 0 amide bonds. The lowest BCUT2D eigenvalue weighted by molar-refractivity contribution is -0.141. The lowest BCUT2D eigenvalue weighted by Gasteiger charge is -2.24. The van der Waals surface area contributed by atoms with Gasteiger partial charge in [-0.15, -0.1) is 0 Å². The van der Waals surface area contributed by atoms with Crippen LogP contribution in [0.15, 0.2) is 24.3 Å². The van der Waals surface area contributed by atoms with Crippen LogP contribution in [0.2, 0.25) is 0 Å². The van der Waals surface area contributed by atoms with Gasteiger partial charge in [-0.2, -0.15) is 5.26 Å². The summed E-state index contributed by atoms with van der Waals surface area (Å²) in [7, 11) is 0. The smallest absolute Gasteiger partial charge is 0.307 e. The normalized spacial score (nSPS) is 12.1. The predicted molar refractivity (Wildman–Crippen MR) is 73.5 cm³/mol. The molecule has 0 saturated heterocycles. The molecule has 0 aliphatic heterocycles. The van der Waals surface area contributed by atoms with E-state index in [4.69, 9.17) is 10.4 Å². The minimum Gasteiger partial charge on any atom is -0.481 e. The van der Waals surface area contributed by atoms with Crippen molar-refractivity contribution in [2.75, 3.05) is 13.1 Å². The lowest BCUT2D eigenvalue weighted by Crippen LogP contribution is -2.32. The number of hydrogen-bond acceptors (Lipinski definition) is 3. The lowest BCUT2D eigenvalue weighted by atomic mass is 10.1. The van der Waals surface area contributed by atoms with Crippen LogP contribution in [0.1, 0.15) is 31.4 Å². The largest absolute Gasteiger partial charge is 0.481 e. The van der Waals surface area contributed by atoms with Crippen LogP contribution in [0.25, 0.3) is 0 Å². The molecule has 1 atom stereocenters. The van der Waals surface area contributed by atoms with Crippen LogP contribution in [0.3, 0.4) is 0 Å². The van der Waals surface area contributed by atoms with Crippen molar-refractivity contribution in [3.63, 3.8) is 0 Å². The summed E-state index contributed by atoms with van der Waals surface area (Å²) >= 11 is 0. The summed E-state index contributed by atoms with van der Waals surface area (Å²) in [6, 6.07) is 9.63. The fraction of sp³-hybridized carbons (Fsp3) is 0.467. The average molecular weight is 260 g/mol. The summed E-state index contributed by atoms with van der Waals surface area (Å²) in [6.07, 6.45) is 0.959. The molecule has 0 bridgehead atoms. The Morgan fingerprint density at radius 1 is 1.47 bits per heavy atom. The summed E-state index contributed by atoms with van der Waals surface area (Å²) < 4.78 is 0. The molecular weight excluding hydrogens is 240 g/mol. The molecule has 1 aromatic rings. The Kier molecular flexibility index (Phi) is 6.04. The van der Waals surface area contributed by atoms with Gasteiger partial charge >= 0.3 is 5.97 Å². The molecule has 19 heavy (non-hydrogen) atoms. The number of nitrogens with zero attached hydrogens (tertiary/aromatic N) is 2. The average Bonchev–Trinajstić information content (AvgIpc) is 2.39. The predicted octanol–water partition coefficient (Wildman–Crippen LogP) is 2.49. The van der Waals surface area contributed by atoms with E-state index in [9.17, 15) is 4.79 Å². The van der Waals surface area contributed by atoms with Gasteiger partial charge in [0.05, 0.1) is 17.6 Å². The van der Waals surface area contributed by atoms with Gasteiger partial charge < -0.3 is 5.11 Å². The van der Waals surface area contributed by atoms with Gasteiger partial charge in [-0.25, -0.2) is 0 Å². The second-order valence-electron chi connectivity index (χ2n) is 4.74. The van der Waals surface area contributed by atoms with Gasteiger partial charge in [-0.1, -0.05) is 32.0 Å². The van der Waals surface area contributed by atoms with Crippen molar-refractivity contribution in [3.05, 3.63) is 35.4 Å². The quantitative estimate of drug-likeness (QED) is 0.818. The van der Waals surface area contributed by atoms with Crippen LogP contribution in [-0.2, 0) is 11.3 Å². The second kappa shape index (κ2) is 7.55. The van der Waals surface area contributed by atoms with Gasteiger partial charge in [0, 0.05) is 13.1 Å². The summed E-state index contributed by atoms with van der Waals surface area (Å²) in [6.45, 7) is 5.73. The van der Waals surface area contributed by atoms with Crippen LogP contribution in [0.4, 0.5) is 0 Å². The Morgan fingerprint density at radius 3 is 2.74 bits per heavy atom. The Morgan fingerprint density at radius 2 is 2.16 bits per heavy atom. The Labute approximate surface area is 114 Å². The highest BCUT2D eigenvalue weighted by Gasteiger charge is 2.16. The molecule has 1 unspecified atom stereocenters. The molecule has 1 aromatic carbocycles. The van der Waals surface area contributed by atoms with Crippen molar-refractivity contribution in [2.24, 2.45) is 5.92 Å². The minimum absolute atomic E-state index is 0.402. The molecule has 0 radical (unpaired) electrons. The molecule has 0 aliphatic carbocycles. The maximum Gasteiger partial charge on any atom is 0.307 e. The zero-order valence-electron chi connectivity index (χ0n) is 11.5. The van der Waals surface area contributed by atoms with Gasteiger partial charge in [0.15, 0.2) is 0 Å². The molecule has 1 N–H and O–H groups in total. The SMILES string of the molecule is CCCN(Cc1ccccc1C#N)CC(C)C(=O)O. The van der Waals surface area contributed by atoms with Crippen molar-refractivity contribution < 1.29 is 9.90 Å². The molecule has 1 rings (SSSR count). The molecular formula is C15H20N2O2. The number of rotatable bonds is 7. The molecule has 4 heteroatoms. The summed E-state index contributed by atoms with van der Waals surface area (Å²) in [5, 5.41) is 18.1. The number of hydrogen-bond donors (Lipinski definition) is 1. The van der Waals surface area contributed by atoms with Crippen molar-refractivity contribution in [1.29, 1.82) is 5.26 Å². The first-order valence-electron chi connectivity index (χ1n) is 6.51. The van der Waals surface area contributed by atoms with Gasteiger partial charge in [0.1, 0.15) is 0 Å². The monoisotopic (exact) mass is 260 g/mol. The molecule has 0 fully saturated rings. The number of nitriles is 1. The molecule has 0 aliphatic rings. The molecule has 0 saturated carbocycles. The van der Waals surface area contributed by atoms with Gasteiger partial charge in [0.25, 0.3) is 0 Å². The van der Waals surface area contributed by atoms with E-state index in [1.54, 1.807) is 13.0 Å². The third kappa shape index (κ3) is 4.72. The zero-order valence-corrected chi connectivity index (χ0v) is 11.5. The van der Waals surface area contributed by atoms with E-state index in [1.807, 2.05) is 18.2 Å². The van der Waals surface area contributed by atoms with E-state index < -0.39 is 11.9 Å². The van der Waals surface area contributed by atoms with E-state index in [1.165, 1.54) is 0 Å². The Balaban J connectivity index is 2.78. The summed E-state index contributed by atoms with van der Waals surface area (Å²) in [5.41, 5.74) is 1.61. The van der Waals surface area contributed by atoms with Crippen LogP contribution in [0.5, 0.6) is 0 Å². The standard InChI is InChI=1S/C15H20N2O2/c1-3-8-17(10-12(2)15(18)19)11-14-7-5-4-6-13(14)9-16/h4-7,12H,3,8,10-11H2,1-2H3,(H,18,19). The van der Waals surface area contributed by atoms with Crippen LogP contribution >= 0.6 is 0 Å². The Bertz CT molecular complexity index is 465. The number of carboxylic acids is 1. The maximum absolute atomic E-state index is 10.9. The van der Waals surface area contributed by atoms with E-state index in [0.717, 1.165) is 18.5 Å². The third-order valence-corrected chi connectivity index (χ3v) is 3.03. The van der Waals surface area contributed by atoms with Crippen LogP contribution in [-0.4, -0.2) is 29.1 Å². The van der Waals surface area contributed by atoms with Gasteiger partial charge in [0.2, 0.25) is 0 Å². The zero-order chi connectivity index (χ0) is 14.3. The highest BCUT2D eigenvalue weighted by atomic mass is 16.4. The van der Waals surface area contributed by atoms with Crippen molar-refractivity contribution in [3.8, 4) is 6.07 Å². The first kappa shape index (κ1) is 15.2. The first-order valence-corrected chi connectivity index (χ1v) is 6.51. The van der Waals surface area contributed by atoms with Crippen LogP contribution < -0.4 is 0 Å². The van der Waals surface area contributed by atoms with E-state index in [2.05, 4.69) is 17.9 Å². The minimum atomic E-state index is -0.783. The summed E-state index contributed by atoms with van der Waals surface area (Å²) in [5.74, 6) is -1.18. The highest BCUT2D eigenvalue weighted by molar-refractivity contribution is 5.69. The van der Waals surface area contributed by atoms with Gasteiger partial charge in [-0.3, -0.25) is 9.69 Å². The fourth-order valence-corrected chi connectivity index (χ4v) is 2.02. The van der Waals surface area contributed by atoms with Crippen molar-refractivity contribution in [2.45, 2.75) is 26.8 Å². The van der Waals surface area contributed by atoms with Crippen LogP contribution in [0, 0.1) is 17.2 Å².